The van der Waals surface area contributed by atoms with Gasteiger partial charge >= 0.3 is 19.7 Å². The van der Waals surface area contributed by atoms with Crippen molar-refractivity contribution in [2.24, 2.45) is 0 Å². The van der Waals surface area contributed by atoms with Gasteiger partial charge in [0.2, 0.25) is 0 Å². The van der Waals surface area contributed by atoms with Crippen LogP contribution < -0.4 is 0 Å². The van der Waals surface area contributed by atoms with Crippen LogP contribution in [-0.4, -0.2) is 23.9 Å². The fourth-order valence-corrected chi connectivity index (χ4v) is 2.62. The molecule has 11 heavy (non-hydrogen) atoms. The van der Waals surface area contributed by atoms with Crippen LogP contribution in [0.5, 0.6) is 0 Å². The number of hydrogen-bond donors (Lipinski definition) is 0. The molecule has 0 saturated heterocycles. The maximum Gasteiger partial charge on any atom is 0.715 e. The molecule has 0 aliphatic rings. The molecule has 0 spiro atoms. The smallest absolute Gasteiger partial charge is 0.454 e. The summed E-state index contributed by atoms with van der Waals surface area (Å²) in [5, 5.41) is 0. The first-order valence-corrected chi connectivity index (χ1v) is 6.79. The van der Waals surface area contributed by atoms with E-state index in [-0.39, 0.29) is 0 Å². The van der Waals surface area contributed by atoms with Crippen molar-refractivity contribution in [1.82, 2.24) is 0 Å². The van der Waals surface area contributed by atoms with Crippen molar-refractivity contribution in [3.05, 3.63) is 30.3 Å². The van der Waals surface area contributed by atoms with E-state index in [0.29, 0.717) is 4.90 Å². The van der Waals surface area contributed by atoms with Crippen LogP contribution in [0.15, 0.2) is 35.2 Å². The molecule has 0 radical (unpaired) electrons. The van der Waals surface area contributed by atoms with Crippen LogP contribution in [0, 0.1) is 0 Å². The standard InChI is InChI=1S/C6H6O2S.ClH.Mg/c7-9(8)6-4-2-1-3-5-6;;/h1-5H,(H,7,8);1H;/q;;+2/p-2. The van der Waals surface area contributed by atoms with E-state index in [2.05, 4.69) is 0 Å². The molecule has 56 valence electrons. The molecule has 5 heteroatoms. The third kappa shape index (κ3) is 3.09. The second-order valence-electron chi connectivity index (χ2n) is 1.77. The Morgan fingerprint density at radius 1 is 1.36 bits per heavy atom. The number of rotatable bonds is 3. The third-order valence-electron chi connectivity index (χ3n) is 1.09. The number of benzene rings is 1. The zero-order valence-corrected chi connectivity index (χ0v) is 8.68. The Morgan fingerprint density at radius 3 is 2.55 bits per heavy atom. The molecule has 0 fully saturated rings. The van der Waals surface area contributed by atoms with Gasteiger partial charge < -0.3 is 2.62 Å². The van der Waals surface area contributed by atoms with Gasteiger partial charge in [-0.15, -0.1) is 0 Å². The van der Waals surface area contributed by atoms with Gasteiger partial charge in [-0.25, -0.2) is 4.21 Å². The van der Waals surface area contributed by atoms with E-state index in [4.69, 9.17) is 11.7 Å². The van der Waals surface area contributed by atoms with Gasteiger partial charge in [0, 0.05) is 0 Å². The van der Waals surface area contributed by atoms with Gasteiger partial charge in [0.25, 0.3) is 0 Å². The van der Waals surface area contributed by atoms with Gasteiger partial charge in [-0.3, -0.25) is 9.07 Å². The molecule has 0 aromatic heterocycles. The molecule has 1 unspecified atom stereocenters. The predicted molar refractivity (Wildman–Crippen MR) is 45.5 cm³/mol. The first-order valence-electron chi connectivity index (χ1n) is 3.00. The molecule has 1 rings (SSSR count). The van der Waals surface area contributed by atoms with E-state index in [1.165, 1.54) is 0 Å². The van der Waals surface area contributed by atoms with E-state index in [9.17, 15) is 4.21 Å². The monoisotopic (exact) mass is 200 g/mol. The summed E-state index contributed by atoms with van der Waals surface area (Å²) in [5.41, 5.74) is 0. The molecule has 2 nitrogen and oxygen atoms in total. The van der Waals surface area contributed by atoms with Crippen molar-refractivity contribution >= 4 is 39.8 Å². The summed E-state index contributed by atoms with van der Waals surface area (Å²) in [4.78, 5) is 0.667. The van der Waals surface area contributed by atoms with Gasteiger partial charge in [0.1, 0.15) is 11.1 Å². The Morgan fingerprint density at radius 2 is 2.00 bits per heavy atom. The molecule has 0 aliphatic heterocycles. The topological polar surface area (TPSA) is 26.3 Å². The van der Waals surface area contributed by atoms with Crippen LogP contribution in [0.3, 0.4) is 0 Å². The van der Waals surface area contributed by atoms with Crippen molar-refractivity contribution in [1.29, 1.82) is 0 Å². The summed E-state index contributed by atoms with van der Waals surface area (Å²) in [7, 11) is 5.37. The van der Waals surface area contributed by atoms with Crippen LogP contribution in [0.2, 0.25) is 0 Å². The third-order valence-corrected chi connectivity index (χ3v) is 3.76. The highest BCUT2D eigenvalue weighted by molar-refractivity contribution is 7.81. The van der Waals surface area contributed by atoms with E-state index in [0.717, 1.165) is 0 Å². The molecule has 1 atom stereocenters. The van der Waals surface area contributed by atoms with Gasteiger partial charge in [-0.2, -0.15) is 0 Å². The average molecular weight is 201 g/mol. The molecule has 1 aromatic carbocycles. The first-order chi connectivity index (χ1) is 5.34. The second-order valence-corrected chi connectivity index (χ2v) is 4.53. The van der Waals surface area contributed by atoms with E-state index >= 15 is 0 Å². The summed E-state index contributed by atoms with van der Waals surface area (Å²) in [6, 6.07) is 8.98. The van der Waals surface area contributed by atoms with E-state index in [1.54, 1.807) is 12.1 Å². The van der Waals surface area contributed by atoms with Gasteiger partial charge in [-0.05, 0) is 12.1 Å². The lowest BCUT2D eigenvalue weighted by Crippen LogP contribution is -1.97. The molecule has 1 aromatic rings. The zero-order valence-electron chi connectivity index (χ0n) is 5.70. The maximum atomic E-state index is 11.1. The van der Waals surface area contributed by atoms with Crippen molar-refractivity contribution in [2.45, 2.75) is 4.90 Å². The number of halogens is 1. The molecule has 0 N–H and O–H groups in total. The lowest BCUT2D eigenvalue weighted by atomic mass is 10.4. The van der Waals surface area contributed by atoms with Crippen molar-refractivity contribution in [3.63, 3.8) is 0 Å². The predicted octanol–water partition coefficient (Wildman–Crippen LogP) is 1.50. The summed E-state index contributed by atoms with van der Waals surface area (Å²) >= 11 is -2.46. The second kappa shape index (κ2) is 5.11. The van der Waals surface area contributed by atoms with Crippen LogP contribution in [0.4, 0.5) is 0 Å². The van der Waals surface area contributed by atoms with Crippen LogP contribution >= 0.6 is 9.07 Å². The minimum absolute atomic E-state index is 0.667. The lowest BCUT2D eigenvalue weighted by molar-refractivity contribution is 0.593. The summed E-state index contributed by atoms with van der Waals surface area (Å²) < 4.78 is 15.9. The first kappa shape index (κ1) is 9.47. The maximum absolute atomic E-state index is 11.1. The quantitative estimate of drug-likeness (QED) is 0.692. The van der Waals surface area contributed by atoms with E-state index < -0.39 is 30.7 Å². The van der Waals surface area contributed by atoms with Crippen LogP contribution in [0.1, 0.15) is 0 Å². The molecular weight excluding hydrogens is 196 g/mol. The summed E-state index contributed by atoms with van der Waals surface area (Å²) in [6.45, 7) is 0. The van der Waals surface area contributed by atoms with Gasteiger partial charge in [0.05, 0.1) is 4.90 Å². The molecular formula is C6H5ClMgO2S. The van der Waals surface area contributed by atoms with Gasteiger partial charge in [-0.1, -0.05) is 18.2 Å². The van der Waals surface area contributed by atoms with Crippen LogP contribution in [0.25, 0.3) is 0 Å². The Hall–Kier alpha value is 0.386. The van der Waals surface area contributed by atoms with Gasteiger partial charge in [0.15, 0.2) is 0 Å². The van der Waals surface area contributed by atoms with E-state index in [1.807, 2.05) is 18.2 Å². The average Bonchev–Trinajstić information content (AvgIpc) is 2.07. The van der Waals surface area contributed by atoms with Crippen LogP contribution in [-0.2, 0) is 13.7 Å². The number of hydrogen-bond acceptors (Lipinski definition) is 2. The Bertz CT molecular complexity index is 242. The highest BCUT2D eigenvalue weighted by Crippen LogP contribution is 2.05. The Balaban J connectivity index is 2.69. The molecule has 0 saturated carbocycles. The van der Waals surface area contributed by atoms with Crippen molar-refractivity contribution < 1.29 is 6.83 Å². The SMILES string of the molecule is O=S([O][Mg][Cl])c1ccccc1. The largest absolute Gasteiger partial charge is 0.715 e. The minimum atomic E-state index is -1.35. The highest BCUT2D eigenvalue weighted by atomic mass is 35.5. The highest BCUT2D eigenvalue weighted by Gasteiger charge is 2.02. The Kier molecular flexibility index (Phi) is 4.40. The molecule has 0 bridgehead atoms. The lowest BCUT2D eigenvalue weighted by Gasteiger charge is -1.99. The molecule has 0 aliphatic carbocycles. The van der Waals surface area contributed by atoms with Crippen molar-refractivity contribution in [3.8, 4) is 0 Å². The molecule has 0 amide bonds. The fraction of sp³-hybridized carbons (Fsp3) is 0. The Labute approximate surface area is 81.6 Å². The minimum Gasteiger partial charge on any atom is -0.454 e. The zero-order chi connectivity index (χ0) is 8.10. The summed E-state index contributed by atoms with van der Waals surface area (Å²) in [6.07, 6.45) is 0. The fourth-order valence-electron chi connectivity index (χ4n) is 0.640. The normalized spacial score (nSPS) is 12.1. The van der Waals surface area contributed by atoms with Crippen molar-refractivity contribution in [2.75, 3.05) is 0 Å². The summed E-state index contributed by atoms with van der Waals surface area (Å²) in [5.74, 6) is 0. The molecule has 0 heterocycles.